The number of ether oxygens (including phenoxy) is 1. The monoisotopic (exact) mass is 378 g/mol. The number of aromatic nitrogens is 2. The highest BCUT2D eigenvalue weighted by Crippen LogP contribution is 2.23. The average molecular weight is 378 g/mol. The summed E-state index contributed by atoms with van der Waals surface area (Å²) in [7, 11) is 1.41. The van der Waals surface area contributed by atoms with Gasteiger partial charge in [0.05, 0.1) is 26.3 Å². The van der Waals surface area contributed by atoms with Crippen LogP contribution in [-0.4, -0.2) is 53.9 Å². The van der Waals surface area contributed by atoms with E-state index in [1.807, 2.05) is 17.1 Å². The molecule has 1 aliphatic heterocycles. The van der Waals surface area contributed by atoms with E-state index in [4.69, 9.17) is 0 Å². The number of esters is 1. The first-order valence-electron chi connectivity index (χ1n) is 9.75. The van der Waals surface area contributed by atoms with Crippen LogP contribution < -0.4 is 4.90 Å². The lowest BCUT2D eigenvalue weighted by Crippen LogP contribution is -2.45. The van der Waals surface area contributed by atoms with Gasteiger partial charge in [0.15, 0.2) is 0 Å². The molecule has 1 aromatic heterocycles. The van der Waals surface area contributed by atoms with E-state index in [-0.39, 0.29) is 5.97 Å². The zero-order valence-electron chi connectivity index (χ0n) is 16.3. The fourth-order valence-corrected chi connectivity index (χ4v) is 3.71. The van der Waals surface area contributed by atoms with E-state index in [2.05, 4.69) is 62.1 Å². The van der Waals surface area contributed by atoms with Crippen LogP contribution in [-0.2, 0) is 22.6 Å². The van der Waals surface area contributed by atoms with Gasteiger partial charge in [0.25, 0.3) is 0 Å². The van der Waals surface area contributed by atoms with Gasteiger partial charge in [-0.1, -0.05) is 30.3 Å². The summed E-state index contributed by atoms with van der Waals surface area (Å²) in [4.78, 5) is 16.2. The van der Waals surface area contributed by atoms with E-state index < -0.39 is 0 Å². The molecule has 1 saturated heterocycles. The van der Waals surface area contributed by atoms with Crippen molar-refractivity contribution >= 4 is 22.4 Å². The van der Waals surface area contributed by atoms with Crippen molar-refractivity contribution in [3.05, 3.63) is 60.4 Å². The van der Waals surface area contributed by atoms with Crippen molar-refractivity contribution in [2.75, 3.05) is 38.2 Å². The Kier molecular flexibility index (Phi) is 5.58. The van der Waals surface area contributed by atoms with Gasteiger partial charge in [0.1, 0.15) is 0 Å². The summed E-state index contributed by atoms with van der Waals surface area (Å²) in [5.41, 5.74) is 2.48. The first-order chi connectivity index (χ1) is 13.7. The average Bonchev–Trinajstić information content (AvgIpc) is 3.19. The lowest BCUT2D eigenvalue weighted by atomic mass is 10.1. The molecule has 0 saturated carbocycles. The van der Waals surface area contributed by atoms with E-state index in [0.717, 1.165) is 32.7 Å². The molecular weight excluding hydrogens is 352 g/mol. The second-order valence-corrected chi connectivity index (χ2v) is 7.23. The zero-order chi connectivity index (χ0) is 19.3. The molecule has 28 heavy (non-hydrogen) atoms. The summed E-state index contributed by atoms with van der Waals surface area (Å²) in [6.07, 6.45) is 4.27. The van der Waals surface area contributed by atoms with Gasteiger partial charge in [0.2, 0.25) is 0 Å². The first-order valence-corrected chi connectivity index (χ1v) is 9.75. The van der Waals surface area contributed by atoms with E-state index >= 15 is 0 Å². The van der Waals surface area contributed by atoms with Gasteiger partial charge >= 0.3 is 5.97 Å². The third-order valence-electron chi connectivity index (χ3n) is 5.34. The van der Waals surface area contributed by atoms with Crippen molar-refractivity contribution < 1.29 is 9.53 Å². The van der Waals surface area contributed by atoms with Crippen LogP contribution in [0, 0.1) is 0 Å². The predicted molar refractivity (Wildman–Crippen MR) is 110 cm³/mol. The zero-order valence-corrected chi connectivity index (χ0v) is 16.3. The minimum atomic E-state index is -0.207. The number of nitrogens with zero attached hydrogens (tertiary/aromatic N) is 4. The number of rotatable bonds is 6. The summed E-state index contributed by atoms with van der Waals surface area (Å²) in [6, 6.07) is 15.2. The number of hydrogen-bond acceptors (Lipinski definition) is 5. The number of hydrogen-bond donors (Lipinski definition) is 0. The van der Waals surface area contributed by atoms with Crippen LogP contribution in [0.25, 0.3) is 10.8 Å². The molecule has 6 heteroatoms. The second kappa shape index (κ2) is 8.44. The Labute approximate surface area is 165 Å². The first kappa shape index (κ1) is 18.5. The Morgan fingerprint density at radius 3 is 2.64 bits per heavy atom. The Bertz CT molecular complexity index is 944. The number of aryl methyl sites for hydroxylation is 1. The molecule has 0 unspecified atom stereocenters. The van der Waals surface area contributed by atoms with Gasteiger partial charge < -0.3 is 9.64 Å². The highest BCUT2D eigenvalue weighted by Gasteiger charge is 2.18. The van der Waals surface area contributed by atoms with Crippen LogP contribution in [0.5, 0.6) is 0 Å². The van der Waals surface area contributed by atoms with E-state index in [9.17, 15) is 4.79 Å². The number of methoxy groups -OCH3 is 1. The number of fused-ring (bicyclic) bond motifs is 1. The normalized spacial score (nSPS) is 15.1. The van der Waals surface area contributed by atoms with Crippen LogP contribution in [0.3, 0.4) is 0 Å². The molecule has 0 radical (unpaired) electrons. The summed E-state index contributed by atoms with van der Waals surface area (Å²) >= 11 is 0. The van der Waals surface area contributed by atoms with Gasteiger partial charge in [-0.2, -0.15) is 5.10 Å². The molecule has 4 rings (SSSR count). The van der Waals surface area contributed by atoms with Crippen LogP contribution >= 0.6 is 0 Å². The predicted octanol–water partition coefficient (Wildman–Crippen LogP) is 2.92. The maximum absolute atomic E-state index is 11.3. The number of anilines is 1. The van der Waals surface area contributed by atoms with Gasteiger partial charge in [-0.25, -0.2) is 0 Å². The van der Waals surface area contributed by atoms with E-state index in [0.29, 0.717) is 13.0 Å². The smallest absolute Gasteiger partial charge is 0.307 e. The third-order valence-corrected chi connectivity index (χ3v) is 5.34. The Morgan fingerprint density at radius 2 is 1.86 bits per heavy atom. The SMILES string of the molecule is COC(=O)CCn1cc(CN2CCN(c3ccc4ccccc4c3)CC2)cn1. The second-order valence-electron chi connectivity index (χ2n) is 7.23. The summed E-state index contributed by atoms with van der Waals surface area (Å²) < 4.78 is 6.49. The molecule has 2 heterocycles. The maximum Gasteiger partial charge on any atom is 0.307 e. The molecule has 6 nitrogen and oxygen atoms in total. The van der Waals surface area contributed by atoms with Crippen molar-refractivity contribution in [2.24, 2.45) is 0 Å². The van der Waals surface area contributed by atoms with Crippen LogP contribution in [0.1, 0.15) is 12.0 Å². The Balaban J connectivity index is 1.30. The Morgan fingerprint density at radius 1 is 1.07 bits per heavy atom. The molecule has 1 fully saturated rings. The van der Waals surface area contributed by atoms with Crippen LogP contribution in [0.2, 0.25) is 0 Å². The minimum Gasteiger partial charge on any atom is -0.469 e. The number of benzene rings is 2. The standard InChI is InChI=1S/C22H26N4O2/c1-28-22(27)8-9-26-17-18(15-23-26)16-24-10-12-25(13-11-24)21-7-6-19-4-2-3-5-20(19)14-21/h2-7,14-15,17H,8-13,16H2,1H3. The molecule has 0 bridgehead atoms. The topological polar surface area (TPSA) is 50.6 Å². The van der Waals surface area contributed by atoms with Crippen molar-refractivity contribution in [1.82, 2.24) is 14.7 Å². The summed E-state index contributed by atoms with van der Waals surface area (Å²) in [6.45, 7) is 5.55. The molecule has 0 N–H and O–H groups in total. The minimum absolute atomic E-state index is 0.207. The van der Waals surface area contributed by atoms with Gasteiger partial charge in [-0.3, -0.25) is 14.4 Å². The summed E-state index contributed by atoms with van der Waals surface area (Å²) in [5.74, 6) is -0.207. The molecule has 0 spiro atoms. The molecule has 3 aromatic rings. The van der Waals surface area contributed by atoms with Crippen LogP contribution in [0.4, 0.5) is 5.69 Å². The van der Waals surface area contributed by atoms with Gasteiger partial charge in [-0.15, -0.1) is 0 Å². The summed E-state index contributed by atoms with van der Waals surface area (Å²) in [5, 5.41) is 6.93. The molecule has 0 atom stereocenters. The van der Waals surface area contributed by atoms with Crippen molar-refractivity contribution in [3.8, 4) is 0 Å². The van der Waals surface area contributed by atoms with Crippen molar-refractivity contribution in [1.29, 1.82) is 0 Å². The van der Waals surface area contributed by atoms with Crippen molar-refractivity contribution in [2.45, 2.75) is 19.5 Å². The Hall–Kier alpha value is -2.86. The molecule has 2 aromatic carbocycles. The molecule has 146 valence electrons. The molecule has 0 amide bonds. The maximum atomic E-state index is 11.3. The fourth-order valence-electron chi connectivity index (χ4n) is 3.71. The molecule has 0 aliphatic carbocycles. The highest BCUT2D eigenvalue weighted by molar-refractivity contribution is 5.85. The lowest BCUT2D eigenvalue weighted by Gasteiger charge is -2.36. The lowest BCUT2D eigenvalue weighted by molar-refractivity contribution is -0.140. The van der Waals surface area contributed by atoms with Gasteiger partial charge in [-0.05, 0) is 22.9 Å². The van der Waals surface area contributed by atoms with E-state index in [1.54, 1.807) is 0 Å². The van der Waals surface area contributed by atoms with Gasteiger partial charge in [0, 0.05) is 50.2 Å². The quantitative estimate of drug-likeness (QED) is 0.618. The number of carbonyl (C=O) groups excluding carboxylic acids is 1. The largest absolute Gasteiger partial charge is 0.469 e. The number of carbonyl (C=O) groups is 1. The number of piperazine rings is 1. The van der Waals surface area contributed by atoms with Crippen molar-refractivity contribution in [3.63, 3.8) is 0 Å². The molecular formula is C22H26N4O2. The molecule has 1 aliphatic rings. The fraction of sp³-hybridized carbons (Fsp3) is 0.364. The van der Waals surface area contributed by atoms with Crippen LogP contribution in [0.15, 0.2) is 54.9 Å². The van der Waals surface area contributed by atoms with E-state index in [1.165, 1.54) is 29.1 Å². The third kappa shape index (κ3) is 4.34. The highest BCUT2D eigenvalue weighted by atomic mass is 16.5.